The largest absolute Gasteiger partial charge is 0.483 e. The van der Waals surface area contributed by atoms with Gasteiger partial charge in [0.25, 0.3) is 45.3 Å². The average Bonchev–Trinajstić information content (AvgIpc) is 2.52. The summed E-state index contributed by atoms with van der Waals surface area (Å²) >= 11 is 0. The summed E-state index contributed by atoms with van der Waals surface area (Å²) in [6.45, 7) is 0.0358. The third-order valence-electron chi connectivity index (χ3n) is 0.379. The number of rotatable bonds is 2. The maximum absolute atomic E-state index is 9.54. The van der Waals surface area contributed by atoms with Crippen molar-refractivity contribution in [1.29, 1.82) is 0 Å². The third kappa shape index (κ3) is 5530. The van der Waals surface area contributed by atoms with Gasteiger partial charge < -0.3 is 40.9 Å². The molecule has 161 valence electrons. The highest BCUT2D eigenvalue weighted by atomic mass is 16.4. The number of carbonyl (C=O) groups is 8. The van der Waals surface area contributed by atoms with Crippen LogP contribution in [0.5, 0.6) is 0 Å². The summed E-state index contributed by atoms with van der Waals surface area (Å²) in [6, 6.07) is 0. The quantitative estimate of drug-likeness (QED) is 0.243. The highest BCUT2D eigenvalue weighted by molar-refractivity contribution is 5.76. The van der Waals surface area contributed by atoms with Gasteiger partial charge in [0, 0.05) is 0 Å². The minimum atomic E-state index is -0.836. The SMILES string of the molecule is CC[CH]C(=O)O.O=CO.O=CO.O=CO.O=CO.O=CO.O=CO.O=CO. The number of hydrogen-bond donors (Lipinski definition) is 8. The maximum atomic E-state index is 9.54. The molecule has 0 bridgehead atoms. The van der Waals surface area contributed by atoms with E-state index < -0.39 is 5.97 Å². The lowest BCUT2D eigenvalue weighted by molar-refractivity contribution is -0.133. The van der Waals surface area contributed by atoms with Gasteiger partial charge in [0.15, 0.2) is 0 Å². The van der Waals surface area contributed by atoms with E-state index in [9.17, 15) is 4.79 Å². The lowest BCUT2D eigenvalue weighted by Crippen LogP contribution is -1.91. The summed E-state index contributed by atoms with van der Waals surface area (Å²) in [5.74, 6) is -0.836. The van der Waals surface area contributed by atoms with Crippen molar-refractivity contribution < 1.29 is 79.2 Å². The zero-order chi connectivity index (χ0) is 23.9. The Balaban J connectivity index is -0.0000000260. The third-order valence-corrected chi connectivity index (χ3v) is 0.379. The Morgan fingerprint density at radius 2 is 0.667 bits per heavy atom. The van der Waals surface area contributed by atoms with Gasteiger partial charge in [0.05, 0.1) is 6.42 Å². The van der Waals surface area contributed by atoms with Crippen molar-refractivity contribution in [2.45, 2.75) is 13.3 Å². The molecule has 0 spiro atoms. The number of carboxylic acids is 1. The van der Waals surface area contributed by atoms with E-state index in [4.69, 9.17) is 74.4 Å². The van der Waals surface area contributed by atoms with Gasteiger partial charge in [-0.3, -0.25) is 38.4 Å². The van der Waals surface area contributed by atoms with E-state index in [0.717, 1.165) is 0 Å². The van der Waals surface area contributed by atoms with Gasteiger partial charge in [0.2, 0.25) is 0 Å². The van der Waals surface area contributed by atoms with Gasteiger partial charge in [-0.25, -0.2) is 0 Å². The zero-order valence-corrected chi connectivity index (χ0v) is 13.7. The van der Waals surface area contributed by atoms with Crippen LogP contribution in [0.4, 0.5) is 0 Å². The fourth-order valence-corrected chi connectivity index (χ4v) is 0.175. The lowest BCUT2D eigenvalue weighted by atomic mass is 10.4. The first-order chi connectivity index (χ1) is 12.7. The molecule has 0 aliphatic rings. The van der Waals surface area contributed by atoms with E-state index in [1.54, 1.807) is 6.92 Å². The molecular weight excluding hydrogens is 388 g/mol. The van der Waals surface area contributed by atoms with Crippen molar-refractivity contribution in [1.82, 2.24) is 0 Å². The molecule has 0 saturated carbocycles. The summed E-state index contributed by atoms with van der Waals surface area (Å²) in [7, 11) is 0. The Labute approximate surface area is 151 Å². The molecular formula is C11H21O16. The number of aliphatic carboxylic acids is 1. The van der Waals surface area contributed by atoms with Crippen LogP contribution in [0.1, 0.15) is 13.3 Å². The molecule has 0 rings (SSSR count). The van der Waals surface area contributed by atoms with Crippen LogP contribution < -0.4 is 0 Å². The Kier molecular flexibility index (Phi) is 285. The second kappa shape index (κ2) is 156. The van der Waals surface area contributed by atoms with E-state index in [2.05, 4.69) is 0 Å². The Hall–Kier alpha value is -4.24. The molecule has 0 aliphatic carbocycles. The van der Waals surface area contributed by atoms with Crippen LogP contribution in [0, 0.1) is 6.42 Å². The van der Waals surface area contributed by atoms with Gasteiger partial charge in [-0.05, 0) is 6.42 Å². The molecule has 1 radical (unpaired) electrons. The predicted molar refractivity (Wildman–Crippen MR) is 83.1 cm³/mol. The van der Waals surface area contributed by atoms with Gasteiger partial charge in [0.1, 0.15) is 0 Å². The highest BCUT2D eigenvalue weighted by Crippen LogP contribution is 1.79. The Bertz CT molecular complexity index is 231. The van der Waals surface area contributed by atoms with E-state index >= 15 is 0 Å². The molecule has 0 aliphatic heterocycles. The lowest BCUT2D eigenvalue weighted by Gasteiger charge is -1.79. The molecule has 27 heavy (non-hydrogen) atoms. The van der Waals surface area contributed by atoms with Crippen molar-refractivity contribution in [3.63, 3.8) is 0 Å². The standard InChI is InChI=1S/C4H7O2.7CH2O2/c1-2-3-4(5)6;7*2-1-3/h3H,2H2,1H3,(H,5,6);7*1H,(H,2,3). The first kappa shape index (κ1) is 49.5. The second-order valence-corrected chi connectivity index (χ2v) is 1.69. The van der Waals surface area contributed by atoms with Crippen LogP contribution in [0.3, 0.4) is 0 Å². The summed E-state index contributed by atoms with van der Waals surface area (Å²) < 4.78 is 0. The molecule has 16 nitrogen and oxygen atoms in total. The van der Waals surface area contributed by atoms with Crippen molar-refractivity contribution in [3.05, 3.63) is 6.42 Å². The fraction of sp³-hybridized carbons (Fsp3) is 0.182. The summed E-state index contributed by atoms with van der Waals surface area (Å²) in [5.41, 5.74) is 0. The van der Waals surface area contributed by atoms with E-state index in [-0.39, 0.29) is 45.3 Å². The normalized spacial score (nSPS) is 4.93. The molecule has 0 atom stereocenters. The molecule has 0 fully saturated rings. The molecule has 0 saturated heterocycles. The molecule has 0 heterocycles. The molecule has 0 aromatic heterocycles. The maximum Gasteiger partial charge on any atom is 0.307 e. The topological polar surface area (TPSA) is 298 Å². The van der Waals surface area contributed by atoms with Crippen LogP contribution in [0.25, 0.3) is 0 Å². The van der Waals surface area contributed by atoms with Crippen LogP contribution in [0.15, 0.2) is 0 Å². The van der Waals surface area contributed by atoms with Gasteiger partial charge >= 0.3 is 5.97 Å². The summed E-state index contributed by atoms with van der Waals surface area (Å²) in [5, 5.41) is 56.1. The second-order valence-electron chi connectivity index (χ2n) is 1.69. The first-order valence-corrected chi connectivity index (χ1v) is 5.29. The Morgan fingerprint density at radius 3 is 0.667 bits per heavy atom. The highest BCUT2D eigenvalue weighted by Gasteiger charge is 1.88. The van der Waals surface area contributed by atoms with Crippen LogP contribution in [-0.2, 0) is 38.4 Å². The molecule has 0 aromatic carbocycles. The fourth-order valence-electron chi connectivity index (χ4n) is 0.175. The number of carboxylic acid groups (broad SMARTS) is 8. The number of hydrogen-bond acceptors (Lipinski definition) is 8. The van der Waals surface area contributed by atoms with Crippen molar-refractivity contribution in [3.8, 4) is 0 Å². The average molecular weight is 409 g/mol. The molecule has 16 heteroatoms. The van der Waals surface area contributed by atoms with Gasteiger partial charge in [-0.1, -0.05) is 6.92 Å². The van der Waals surface area contributed by atoms with Gasteiger partial charge in [-0.2, -0.15) is 0 Å². The summed E-state index contributed by atoms with van der Waals surface area (Å²) in [4.78, 5) is 68.1. The van der Waals surface area contributed by atoms with Crippen molar-refractivity contribution in [2.75, 3.05) is 0 Å². The van der Waals surface area contributed by atoms with Crippen molar-refractivity contribution in [2.24, 2.45) is 0 Å². The Morgan fingerprint density at radius 1 is 0.556 bits per heavy atom. The van der Waals surface area contributed by atoms with Crippen molar-refractivity contribution >= 4 is 51.3 Å². The molecule has 0 aromatic rings. The summed E-state index contributed by atoms with van der Waals surface area (Å²) in [6.07, 6.45) is 1.81. The first-order valence-electron chi connectivity index (χ1n) is 5.29. The molecule has 8 N–H and O–H groups in total. The molecule has 0 unspecified atom stereocenters. The van der Waals surface area contributed by atoms with Crippen LogP contribution >= 0.6 is 0 Å². The van der Waals surface area contributed by atoms with E-state index in [1.807, 2.05) is 0 Å². The van der Waals surface area contributed by atoms with E-state index in [0.29, 0.717) is 6.42 Å². The molecule has 0 amide bonds. The monoisotopic (exact) mass is 409 g/mol. The van der Waals surface area contributed by atoms with Gasteiger partial charge in [-0.15, -0.1) is 0 Å². The zero-order valence-electron chi connectivity index (χ0n) is 13.7. The minimum Gasteiger partial charge on any atom is -0.483 e. The van der Waals surface area contributed by atoms with E-state index in [1.165, 1.54) is 6.42 Å². The van der Waals surface area contributed by atoms with Crippen LogP contribution in [0.2, 0.25) is 0 Å². The minimum absolute atomic E-state index is 0.250. The predicted octanol–water partition coefficient (Wildman–Crippen LogP) is -1.41. The smallest absolute Gasteiger partial charge is 0.307 e. The van der Waals surface area contributed by atoms with Crippen LogP contribution in [-0.4, -0.2) is 92.1 Å².